The highest BCUT2D eigenvalue weighted by Crippen LogP contribution is 2.45. The van der Waals surface area contributed by atoms with Crippen molar-refractivity contribution in [2.45, 2.75) is 31.6 Å². The molecule has 1 aliphatic carbocycles. The maximum atomic E-state index is 12.0. The molecule has 0 spiro atoms. The van der Waals surface area contributed by atoms with Crippen molar-refractivity contribution in [1.82, 2.24) is 4.98 Å². The van der Waals surface area contributed by atoms with E-state index in [0.29, 0.717) is 5.89 Å². The monoisotopic (exact) mass is 245 g/mol. The predicted octanol–water partition coefficient (Wildman–Crippen LogP) is 2.73. The fourth-order valence-corrected chi connectivity index (χ4v) is 2.68. The molecule has 0 bridgehead atoms. The van der Waals surface area contributed by atoms with Gasteiger partial charge in [-0.15, -0.1) is 0 Å². The summed E-state index contributed by atoms with van der Waals surface area (Å²) < 4.78 is 10.4. The van der Waals surface area contributed by atoms with Gasteiger partial charge in [-0.05, 0) is 30.5 Å². The maximum Gasteiger partial charge on any atom is 0.316 e. The van der Waals surface area contributed by atoms with Gasteiger partial charge in [-0.1, -0.05) is 12.5 Å². The van der Waals surface area contributed by atoms with E-state index >= 15 is 0 Å². The number of rotatable bonds is 2. The molecule has 4 nitrogen and oxygen atoms in total. The van der Waals surface area contributed by atoms with Crippen molar-refractivity contribution in [1.29, 1.82) is 0 Å². The summed E-state index contributed by atoms with van der Waals surface area (Å²) in [6.45, 7) is 1.82. The lowest BCUT2D eigenvalue weighted by atomic mass is 9.64. The molecule has 1 aromatic carbocycles. The first kappa shape index (κ1) is 11.3. The molecule has 0 saturated heterocycles. The van der Waals surface area contributed by atoms with Crippen LogP contribution in [0, 0.1) is 6.92 Å². The van der Waals surface area contributed by atoms with E-state index in [0.717, 1.165) is 35.9 Å². The van der Waals surface area contributed by atoms with E-state index in [4.69, 9.17) is 9.15 Å². The second-order valence-electron chi connectivity index (χ2n) is 4.84. The van der Waals surface area contributed by atoms with Crippen LogP contribution in [0.4, 0.5) is 0 Å². The summed E-state index contributed by atoms with van der Waals surface area (Å²) in [5.74, 6) is 0.496. The molecule has 3 rings (SSSR count). The first-order chi connectivity index (χ1) is 8.65. The van der Waals surface area contributed by atoms with Gasteiger partial charge >= 0.3 is 5.97 Å². The minimum atomic E-state index is -0.463. The molecule has 0 radical (unpaired) electrons. The zero-order chi connectivity index (χ0) is 12.8. The number of hydrogen-bond donors (Lipinski definition) is 0. The summed E-state index contributed by atoms with van der Waals surface area (Å²) in [6, 6.07) is 5.78. The van der Waals surface area contributed by atoms with Gasteiger partial charge in [0.05, 0.1) is 12.5 Å². The van der Waals surface area contributed by atoms with Crippen molar-refractivity contribution < 1.29 is 13.9 Å². The zero-order valence-corrected chi connectivity index (χ0v) is 10.5. The summed E-state index contributed by atoms with van der Waals surface area (Å²) in [5.41, 5.74) is 2.09. The first-order valence-corrected chi connectivity index (χ1v) is 6.12. The number of aromatic nitrogens is 1. The van der Waals surface area contributed by atoms with Gasteiger partial charge in [0.2, 0.25) is 0 Å². The number of hydrogen-bond acceptors (Lipinski definition) is 4. The van der Waals surface area contributed by atoms with Crippen LogP contribution >= 0.6 is 0 Å². The van der Waals surface area contributed by atoms with Crippen LogP contribution < -0.4 is 0 Å². The normalized spacial score (nSPS) is 17.4. The van der Waals surface area contributed by atoms with Crippen molar-refractivity contribution >= 4 is 17.1 Å². The number of oxazole rings is 1. The van der Waals surface area contributed by atoms with Crippen molar-refractivity contribution in [3.63, 3.8) is 0 Å². The Kier molecular flexibility index (Phi) is 2.40. The number of carbonyl (C=O) groups is 1. The third kappa shape index (κ3) is 1.45. The Morgan fingerprint density at radius 2 is 2.22 bits per heavy atom. The van der Waals surface area contributed by atoms with Crippen LogP contribution in [0.3, 0.4) is 0 Å². The highest BCUT2D eigenvalue weighted by molar-refractivity contribution is 5.86. The number of benzene rings is 1. The molecule has 4 heteroatoms. The van der Waals surface area contributed by atoms with Gasteiger partial charge in [-0.3, -0.25) is 4.79 Å². The molecule has 1 fully saturated rings. The largest absolute Gasteiger partial charge is 0.468 e. The van der Waals surface area contributed by atoms with Gasteiger partial charge in [0.15, 0.2) is 11.5 Å². The average Bonchev–Trinajstić information content (AvgIpc) is 2.66. The van der Waals surface area contributed by atoms with Crippen LogP contribution in [0.1, 0.15) is 30.7 Å². The van der Waals surface area contributed by atoms with Crippen molar-refractivity contribution in [2.24, 2.45) is 0 Å². The fraction of sp³-hybridized carbons (Fsp3) is 0.429. The number of ether oxygens (including phenoxy) is 1. The zero-order valence-electron chi connectivity index (χ0n) is 10.5. The molecule has 2 aromatic rings. The van der Waals surface area contributed by atoms with Crippen LogP contribution in [0.25, 0.3) is 11.1 Å². The molecule has 0 atom stereocenters. The average molecular weight is 245 g/mol. The van der Waals surface area contributed by atoms with Gasteiger partial charge in [0.25, 0.3) is 0 Å². The van der Waals surface area contributed by atoms with Crippen molar-refractivity contribution in [3.05, 3.63) is 29.7 Å². The first-order valence-electron chi connectivity index (χ1n) is 6.12. The molecule has 0 amide bonds. The lowest BCUT2D eigenvalue weighted by Crippen LogP contribution is -2.43. The maximum absolute atomic E-state index is 12.0. The number of methoxy groups -OCH3 is 1. The Morgan fingerprint density at radius 3 is 2.83 bits per heavy atom. The number of fused-ring (bicyclic) bond motifs is 1. The molecule has 0 aliphatic heterocycles. The summed E-state index contributed by atoms with van der Waals surface area (Å²) in [5, 5.41) is 0. The van der Waals surface area contributed by atoms with E-state index in [1.807, 2.05) is 25.1 Å². The molecule has 18 heavy (non-hydrogen) atoms. The summed E-state index contributed by atoms with van der Waals surface area (Å²) in [4.78, 5) is 16.3. The Labute approximate surface area is 105 Å². The number of nitrogens with zero attached hydrogens (tertiary/aromatic N) is 1. The topological polar surface area (TPSA) is 52.3 Å². The summed E-state index contributed by atoms with van der Waals surface area (Å²) in [6.07, 6.45) is 2.76. The molecular formula is C14H15NO3. The number of carbonyl (C=O) groups excluding carboxylic acids is 1. The number of esters is 1. The van der Waals surface area contributed by atoms with Crippen LogP contribution in [-0.4, -0.2) is 18.1 Å². The Morgan fingerprint density at radius 1 is 1.44 bits per heavy atom. The Hall–Kier alpha value is -1.84. The minimum absolute atomic E-state index is 0.145. The molecule has 94 valence electrons. The highest BCUT2D eigenvalue weighted by Gasteiger charge is 2.46. The summed E-state index contributed by atoms with van der Waals surface area (Å²) >= 11 is 0. The molecule has 0 N–H and O–H groups in total. The van der Waals surface area contributed by atoms with E-state index in [1.165, 1.54) is 7.11 Å². The van der Waals surface area contributed by atoms with E-state index in [9.17, 15) is 4.79 Å². The molecule has 1 heterocycles. The van der Waals surface area contributed by atoms with Crippen molar-refractivity contribution in [2.75, 3.05) is 7.11 Å². The SMILES string of the molecule is COC(=O)C1(c2ccc3oc(C)nc3c2)CCC1. The van der Waals surface area contributed by atoms with E-state index in [-0.39, 0.29) is 5.97 Å². The smallest absolute Gasteiger partial charge is 0.316 e. The lowest BCUT2D eigenvalue weighted by Gasteiger charge is -2.39. The molecule has 1 aromatic heterocycles. The third-order valence-corrected chi connectivity index (χ3v) is 3.83. The molecule has 1 saturated carbocycles. The third-order valence-electron chi connectivity index (χ3n) is 3.83. The molecular weight excluding hydrogens is 230 g/mol. The van der Waals surface area contributed by atoms with Gasteiger partial charge in [-0.25, -0.2) is 4.98 Å². The van der Waals surface area contributed by atoms with E-state index in [2.05, 4.69) is 4.98 Å². The Bertz CT molecular complexity index is 611. The predicted molar refractivity (Wildman–Crippen MR) is 66.3 cm³/mol. The van der Waals surface area contributed by atoms with Crippen LogP contribution in [0.15, 0.2) is 22.6 Å². The van der Waals surface area contributed by atoms with Crippen molar-refractivity contribution in [3.8, 4) is 0 Å². The van der Waals surface area contributed by atoms with Gasteiger partial charge in [-0.2, -0.15) is 0 Å². The van der Waals surface area contributed by atoms with E-state index < -0.39 is 5.41 Å². The second kappa shape index (κ2) is 3.83. The fourth-order valence-electron chi connectivity index (χ4n) is 2.68. The molecule has 0 unspecified atom stereocenters. The quantitative estimate of drug-likeness (QED) is 0.763. The van der Waals surface area contributed by atoms with Crippen LogP contribution in [0.2, 0.25) is 0 Å². The summed E-state index contributed by atoms with van der Waals surface area (Å²) in [7, 11) is 1.45. The van der Waals surface area contributed by atoms with Gasteiger partial charge in [0, 0.05) is 6.92 Å². The number of aryl methyl sites for hydroxylation is 1. The second-order valence-corrected chi connectivity index (χ2v) is 4.84. The van der Waals surface area contributed by atoms with Crippen LogP contribution in [-0.2, 0) is 14.9 Å². The van der Waals surface area contributed by atoms with Gasteiger partial charge < -0.3 is 9.15 Å². The van der Waals surface area contributed by atoms with Gasteiger partial charge in [0.1, 0.15) is 5.52 Å². The minimum Gasteiger partial charge on any atom is -0.468 e. The standard InChI is InChI=1S/C14H15NO3/c1-9-15-11-8-10(4-5-12(11)18-9)14(6-3-7-14)13(16)17-2/h4-5,8H,3,6-7H2,1-2H3. The Balaban J connectivity index is 2.10. The highest BCUT2D eigenvalue weighted by atomic mass is 16.5. The van der Waals surface area contributed by atoms with E-state index in [1.54, 1.807) is 0 Å². The molecule has 1 aliphatic rings. The van der Waals surface area contributed by atoms with Crippen LogP contribution in [0.5, 0.6) is 0 Å². The lowest BCUT2D eigenvalue weighted by molar-refractivity contribution is -0.151.